The Labute approximate surface area is 92.7 Å². The monoisotopic (exact) mass is 220 g/mol. The molecule has 0 atom stereocenters. The van der Waals surface area contributed by atoms with Crippen molar-refractivity contribution in [3.8, 4) is 17.0 Å². The fourth-order valence-electron chi connectivity index (χ4n) is 1.23. The van der Waals surface area contributed by atoms with Crippen LogP contribution < -0.4 is 4.74 Å². The molecule has 15 heavy (non-hydrogen) atoms. The van der Waals surface area contributed by atoms with E-state index in [0.717, 1.165) is 17.0 Å². The Bertz CT molecular complexity index is 456. The van der Waals surface area contributed by atoms with Crippen LogP contribution in [0.3, 0.4) is 0 Å². The number of aromatic nitrogens is 2. The van der Waals surface area contributed by atoms with Gasteiger partial charge in [0.2, 0.25) is 0 Å². The maximum atomic E-state index is 5.79. The number of rotatable bonds is 2. The number of pyridine rings is 2. The first kappa shape index (κ1) is 9.93. The van der Waals surface area contributed by atoms with Crippen LogP contribution in [0.15, 0.2) is 36.7 Å². The highest BCUT2D eigenvalue weighted by molar-refractivity contribution is 6.29. The fourth-order valence-corrected chi connectivity index (χ4v) is 1.41. The van der Waals surface area contributed by atoms with Crippen LogP contribution in [0.1, 0.15) is 0 Å². The average molecular weight is 221 g/mol. The molecule has 2 aromatic heterocycles. The van der Waals surface area contributed by atoms with Gasteiger partial charge in [-0.25, -0.2) is 4.98 Å². The third-order valence-corrected chi connectivity index (χ3v) is 2.20. The SMILES string of the molecule is COc1ccc(-c2ccnc(Cl)c2)nc1. The van der Waals surface area contributed by atoms with Gasteiger partial charge in [0, 0.05) is 11.8 Å². The van der Waals surface area contributed by atoms with E-state index in [9.17, 15) is 0 Å². The molecule has 0 saturated carbocycles. The topological polar surface area (TPSA) is 35.0 Å². The molecule has 0 amide bonds. The Hall–Kier alpha value is -1.61. The Morgan fingerprint density at radius 2 is 2.07 bits per heavy atom. The van der Waals surface area contributed by atoms with E-state index in [1.165, 1.54) is 0 Å². The lowest BCUT2D eigenvalue weighted by Gasteiger charge is -2.02. The van der Waals surface area contributed by atoms with Gasteiger partial charge >= 0.3 is 0 Å². The van der Waals surface area contributed by atoms with Crippen LogP contribution in [0.5, 0.6) is 5.75 Å². The van der Waals surface area contributed by atoms with Crippen LogP contribution >= 0.6 is 11.6 Å². The van der Waals surface area contributed by atoms with Gasteiger partial charge in [0.15, 0.2) is 0 Å². The molecule has 0 bridgehead atoms. The highest BCUT2D eigenvalue weighted by Crippen LogP contribution is 2.20. The number of halogens is 1. The lowest BCUT2D eigenvalue weighted by atomic mass is 10.2. The Morgan fingerprint density at radius 3 is 2.67 bits per heavy atom. The first-order valence-corrected chi connectivity index (χ1v) is 4.79. The predicted octanol–water partition coefficient (Wildman–Crippen LogP) is 2.81. The summed E-state index contributed by atoms with van der Waals surface area (Å²) in [5.41, 5.74) is 1.79. The Kier molecular flexibility index (Phi) is 2.83. The van der Waals surface area contributed by atoms with E-state index in [4.69, 9.17) is 16.3 Å². The lowest BCUT2D eigenvalue weighted by molar-refractivity contribution is 0.413. The first-order valence-electron chi connectivity index (χ1n) is 4.41. The molecule has 0 aliphatic heterocycles. The van der Waals surface area contributed by atoms with E-state index < -0.39 is 0 Å². The molecule has 0 fully saturated rings. The minimum absolute atomic E-state index is 0.463. The molecule has 0 aliphatic carbocycles. The second kappa shape index (κ2) is 4.28. The molecule has 0 spiro atoms. The van der Waals surface area contributed by atoms with Crippen LogP contribution in [0, 0.1) is 0 Å². The molecule has 0 saturated heterocycles. The van der Waals surface area contributed by atoms with Crippen molar-refractivity contribution in [1.29, 1.82) is 0 Å². The third kappa shape index (κ3) is 2.25. The summed E-state index contributed by atoms with van der Waals surface area (Å²) in [5.74, 6) is 0.735. The standard InChI is InChI=1S/C11H9ClN2O/c1-15-9-2-3-10(14-7-9)8-4-5-13-11(12)6-8/h2-7H,1H3. The van der Waals surface area contributed by atoms with E-state index in [0.29, 0.717) is 5.15 Å². The van der Waals surface area contributed by atoms with Crippen molar-refractivity contribution in [2.75, 3.05) is 7.11 Å². The van der Waals surface area contributed by atoms with Crippen molar-refractivity contribution >= 4 is 11.6 Å². The van der Waals surface area contributed by atoms with Crippen LogP contribution in [0.4, 0.5) is 0 Å². The number of nitrogens with zero attached hydrogens (tertiary/aromatic N) is 2. The van der Waals surface area contributed by atoms with Crippen molar-refractivity contribution in [3.05, 3.63) is 41.8 Å². The molecular weight excluding hydrogens is 212 g/mol. The summed E-state index contributed by atoms with van der Waals surface area (Å²) >= 11 is 5.79. The summed E-state index contributed by atoms with van der Waals surface area (Å²) < 4.78 is 5.03. The maximum Gasteiger partial charge on any atom is 0.137 e. The van der Waals surface area contributed by atoms with Gasteiger partial charge in [-0.3, -0.25) is 4.98 Å². The van der Waals surface area contributed by atoms with Crippen molar-refractivity contribution in [2.45, 2.75) is 0 Å². The van der Waals surface area contributed by atoms with Gasteiger partial charge in [0.1, 0.15) is 10.9 Å². The van der Waals surface area contributed by atoms with E-state index in [-0.39, 0.29) is 0 Å². The maximum absolute atomic E-state index is 5.79. The molecule has 0 radical (unpaired) electrons. The zero-order valence-electron chi connectivity index (χ0n) is 8.14. The van der Waals surface area contributed by atoms with Gasteiger partial charge in [-0.15, -0.1) is 0 Å². The van der Waals surface area contributed by atoms with Crippen LogP contribution in [0.25, 0.3) is 11.3 Å². The second-order valence-electron chi connectivity index (χ2n) is 2.95. The number of hydrogen-bond donors (Lipinski definition) is 0. The van der Waals surface area contributed by atoms with Crippen LogP contribution in [-0.2, 0) is 0 Å². The van der Waals surface area contributed by atoms with Crippen LogP contribution in [0.2, 0.25) is 5.15 Å². The molecule has 0 aliphatic rings. The summed E-state index contributed by atoms with van der Waals surface area (Å²) in [6, 6.07) is 7.37. The van der Waals surface area contributed by atoms with E-state index in [1.54, 1.807) is 25.6 Å². The average Bonchev–Trinajstić information content (AvgIpc) is 2.29. The molecule has 0 unspecified atom stereocenters. The molecule has 4 heteroatoms. The van der Waals surface area contributed by atoms with Crippen molar-refractivity contribution in [2.24, 2.45) is 0 Å². The number of ether oxygens (including phenoxy) is 1. The largest absolute Gasteiger partial charge is 0.495 e. The summed E-state index contributed by atoms with van der Waals surface area (Å²) in [4.78, 5) is 8.16. The highest BCUT2D eigenvalue weighted by Gasteiger charge is 2.00. The summed E-state index contributed by atoms with van der Waals surface area (Å²) in [6.07, 6.45) is 3.33. The van der Waals surface area contributed by atoms with Crippen LogP contribution in [-0.4, -0.2) is 17.1 Å². The third-order valence-electron chi connectivity index (χ3n) is 1.99. The normalized spacial score (nSPS) is 10.0. The summed E-state index contributed by atoms with van der Waals surface area (Å²) in [6.45, 7) is 0. The van der Waals surface area contributed by atoms with Crippen molar-refractivity contribution in [1.82, 2.24) is 9.97 Å². The van der Waals surface area contributed by atoms with Gasteiger partial charge in [-0.2, -0.15) is 0 Å². The smallest absolute Gasteiger partial charge is 0.137 e. The highest BCUT2D eigenvalue weighted by atomic mass is 35.5. The number of hydrogen-bond acceptors (Lipinski definition) is 3. The molecule has 2 rings (SSSR count). The molecule has 2 aromatic rings. The minimum Gasteiger partial charge on any atom is -0.495 e. The van der Waals surface area contributed by atoms with Gasteiger partial charge in [-0.05, 0) is 24.3 Å². The second-order valence-corrected chi connectivity index (χ2v) is 3.34. The van der Waals surface area contributed by atoms with E-state index in [1.807, 2.05) is 18.2 Å². The first-order chi connectivity index (χ1) is 7.29. The zero-order valence-corrected chi connectivity index (χ0v) is 8.90. The van der Waals surface area contributed by atoms with Crippen molar-refractivity contribution < 1.29 is 4.74 Å². The van der Waals surface area contributed by atoms with Gasteiger partial charge < -0.3 is 4.74 Å². The molecule has 0 N–H and O–H groups in total. The predicted molar refractivity (Wildman–Crippen MR) is 59.0 cm³/mol. The minimum atomic E-state index is 0.463. The molecular formula is C11H9ClN2O. The van der Waals surface area contributed by atoms with Gasteiger partial charge in [-0.1, -0.05) is 11.6 Å². The zero-order chi connectivity index (χ0) is 10.7. The quantitative estimate of drug-likeness (QED) is 0.730. The molecule has 0 aromatic carbocycles. The molecule has 2 heterocycles. The summed E-state index contributed by atoms with van der Waals surface area (Å²) in [5, 5.41) is 0.463. The van der Waals surface area contributed by atoms with Crippen molar-refractivity contribution in [3.63, 3.8) is 0 Å². The van der Waals surface area contributed by atoms with Gasteiger partial charge in [0.25, 0.3) is 0 Å². The molecule has 3 nitrogen and oxygen atoms in total. The molecule has 76 valence electrons. The fraction of sp³-hybridized carbons (Fsp3) is 0.0909. The van der Waals surface area contributed by atoms with E-state index >= 15 is 0 Å². The van der Waals surface area contributed by atoms with Gasteiger partial charge in [0.05, 0.1) is 19.0 Å². The number of methoxy groups -OCH3 is 1. The summed E-state index contributed by atoms with van der Waals surface area (Å²) in [7, 11) is 1.61. The Balaban J connectivity index is 2.37. The Morgan fingerprint density at radius 1 is 1.20 bits per heavy atom. The lowest BCUT2D eigenvalue weighted by Crippen LogP contribution is -1.87. The van der Waals surface area contributed by atoms with E-state index in [2.05, 4.69) is 9.97 Å².